The van der Waals surface area contributed by atoms with Gasteiger partial charge in [0.15, 0.2) is 11.6 Å². The lowest BCUT2D eigenvalue weighted by molar-refractivity contribution is -0.121. The van der Waals surface area contributed by atoms with Gasteiger partial charge in [0.2, 0.25) is 5.91 Å². The predicted molar refractivity (Wildman–Crippen MR) is 152 cm³/mol. The highest BCUT2D eigenvalue weighted by Gasteiger charge is 2.70. The lowest BCUT2D eigenvalue weighted by Gasteiger charge is -2.37. The van der Waals surface area contributed by atoms with Crippen molar-refractivity contribution in [3.8, 4) is 0 Å². The fraction of sp³-hybridized carbons (Fsp3) is 0.121. The molecule has 1 fully saturated rings. The van der Waals surface area contributed by atoms with Gasteiger partial charge >= 0.3 is 0 Å². The molecular weight excluding hydrogens is 527 g/mol. The highest BCUT2D eigenvalue weighted by molar-refractivity contribution is 6.30. The molecule has 0 bridgehead atoms. The Kier molecular flexibility index (Phi) is 5.51. The number of carbonyl (C=O) groups is 3. The van der Waals surface area contributed by atoms with E-state index >= 15 is 4.39 Å². The number of nitrogens with zero attached hydrogens (tertiary/aromatic N) is 1. The maximum absolute atomic E-state index is 15.2. The quantitative estimate of drug-likeness (QED) is 0.302. The number of rotatable bonds is 4. The van der Waals surface area contributed by atoms with Crippen LogP contribution in [0.3, 0.4) is 0 Å². The number of benzene rings is 4. The van der Waals surface area contributed by atoms with Gasteiger partial charge in [0, 0.05) is 22.0 Å². The monoisotopic (exact) mass is 548 g/mol. The summed E-state index contributed by atoms with van der Waals surface area (Å²) in [5.74, 6) is -3.18. The molecule has 1 amide bonds. The molecule has 1 N–H and O–H groups in total. The summed E-state index contributed by atoms with van der Waals surface area (Å²) in [5, 5.41) is 3.44. The van der Waals surface area contributed by atoms with Gasteiger partial charge in [-0.3, -0.25) is 14.4 Å². The molecule has 3 aliphatic rings. The van der Waals surface area contributed by atoms with Crippen molar-refractivity contribution in [2.75, 3.05) is 10.2 Å². The van der Waals surface area contributed by atoms with Gasteiger partial charge < -0.3 is 10.2 Å². The molecule has 4 atom stereocenters. The van der Waals surface area contributed by atoms with E-state index < -0.39 is 40.8 Å². The highest BCUT2D eigenvalue weighted by Crippen LogP contribution is 2.58. The second-order valence-corrected chi connectivity index (χ2v) is 10.7. The number of nitrogens with one attached hydrogen (secondary N) is 1. The fourth-order valence-corrected chi connectivity index (χ4v) is 6.86. The van der Waals surface area contributed by atoms with Gasteiger partial charge in [-0.1, -0.05) is 72.3 Å². The fourth-order valence-electron chi connectivity index (χ4n) is 6.73. The SMILES string of the molecule is O=C(c1ccccc1F)[C@@H]1[C@@H](C(=O)c2ccc(Cl)cc2)[C@]2(C(=O)Nc3ccccc32)[C@H]2C=Cc3ccccc3N12. The summed E-state index contributed by atoms with van der Waals surface area (Å²) in [6, 6.07) is 25.1. The molecule has 40 heavy (non-hydrogen) atoms. The minimum atomic E-state index is -1.46. The van der Waals surface area contributed by atoms with Crippen LogP contribution in [0.15, 0.2) is 103 Å². The molecule has 0 radical (unpaired) electrons. The first-order chi connectivity index (χ1) is 19.4. The third-order valence-corrected chi connectivity index (χ3v) is 8.61. The van der Waals surface area contributed by atoms with E-state index in [9.17, 15) is 14.4 Å². The number of para-hydroxylation sites is 2. The van der Waals surface area contributed by atoms with Gasteiger partial charge in [0.25, 0.3) is 0 Å². The molecule has 3 aliphatic heterocycles. The van der Waals surface area contributed by atoms with E-state index in [1.807, 2.05) is 59.5 Å². The Hall–Kier alpha value is -4.55. The van der Waals surface area contributed by atoms with Gasteiger partial charge in [0.1, 0.15) is 17.3 Å². The largest absolute Gasteiger partial charge is 0.352 e. The molecule has 5 nitrogen and oxygen atoms in total. The number of anilines is 2. The van der Waals surface area contributed by atoms with Gasteiger partial charge in [-0.15, -0.1) is 0 Å². The second kappa shape index (κ2) is 9.00. The minimum absolute atomic E-state index is 0.129. The number of Topliss-reactive ketones (excluding diaryl/α,β-unsaturated/α-hetero) is 2. The minimum Gasteiger partial charge on any atom is -0.352 e. The molecule has 1 saturated heterocycles. The van der Waals surface area contributed by atoms with E-state index in [1.54, 1.807) is 36.4 Å². The Labute approximate surface area is 234 Å². The van der Waals surface area contributed by atoms with E-state index in [1.165, 1.54) is 18.2 Å². The predicted octanol–water partition coefficient (Wildman–Crippen LogP) is 6.34. The van der Waals surface area contributed by atoms with Crippen LogP contribution in [0.1, 0.15) is 31.8 Å². The maximum Gasteiger partial charge on any atom is 0.238 e. The van der Waals surface area contributed by atoms with Crippen LogP contribution in [0.4, 0.5) is 15.8 Å². The van der Waals surface area contributed by atoms with Crippen LogP contribution in [0.2, 0.25) is 5.02 Å². The third kappa shape index (κ3) is 3.29. The first-order valence-electron chi connectivity index (χ1n) is 13.0. The zero-order valence-electron chi connectivity index (χ0n) is 21.1. The Morgan fingerprint density at radius 2 is 1.55 bits per heavy atom. The van der Waals surface area contributed by atoms with Crippen molar-refractivity contribution in [3.63, 3.8) is 0 Å². The van der Waals surface area contributed by atoms with Crippen LogP contribution in [0.5, 0.6) is 0 Å². The number of carbonyl (C=O) groups excluding carboxylic acids is 3. The van der Waals surface area contributed by atoms with E-state index in [0.29, 0.717) is 27.5 Å². The normalized spacial score (nSPS) is 23.9. The van der Waals surface area contributed by atoms with Gasteiger partial charge in [-0.25, -0.2) is 4.39 Å². The average Bonchev–Trinajstić information content (AvgIpc) is 3.45. The van der Waals surface area contributed by atoms with Crippen molar-refractivity contribution in [2.24, 2.45) is 5.92 Å². The molecule has 196 valence electrons. The van der Waals surface area contributed by atoms with Crippen LogP contribution in [-0.4, -0.2) is 29.6 Å². The molecule has 7 heteroatoms. The number of fused-ring (bicyclic) bond motifs is 6. The second-order valence-electron chi connectivity index (χ2n) is 10.3. The molecule has 4 aromatic carbocycles. The zero-order valence-corrected chi connectivity index (χ0v) is 21.8. The van der Waals surface area contributed by atoms with Crippen LogP contribution < -0.4 is 10.2 Å². The maximum atomic E-state index is 15.2. The summed E-state index contributed by atoms with van der Waals surface area (Å²) in [4.78, 5) is 45.2. The van der Waals surface area contributed by atoms with E-state index in [4.69, 9.17) is 11.6 Å². The van der Waals surface area contributed by atoms with Crippen LogP contribution in [-0.2, 0) is 10.2 Å². The number of ketones is 2. The number of halogens is 2. The first-order valence-corrected chi connectivity index (χ1v) is 13.4. The van der Waals surface area contributed by atoms with E-state index in [-0.39, 0.29) is 11.5 Å². The Bertz CT molecular complexity index is 1750. The molecule has 0 aromatic heterocycles. The first kappa shape index (κ1) is 24.5. The molecule has 0 saturated carbocycles. The summed E-state index contributed by atoms with van der Waals surface area (Å²) in [7, 11) is 0. The van der Waals surface area contributed by atoms with Crippen LogP contribution >= 0.6 is 11.6 Å². The molecule has 1 spiro atoms. The number of hydrogen-bond acceptors (Lipinski definition) is 4. The average molecular weight is 549 g/mol. The van der Waals surface area contributed by atoms with Gasteiger partial charge in [0.05, 0.1) is 17.5 Å². The van der Waals surface area contributed by atoms with Crippen LogP contribution in [0, 0.1) is 11.7 Å². The summed E-state index contributed by atoms with van der Waals surface area (Å²) >= 11 is 6.13. The number of hydrogen-bond donors (Lipinski definition) is 1. The lowest BCUT2D eigenvalue weighted by Crippen LogP contribution is -2.51. The van der Waals surface area contributed by atoms with Crippen molar-refractivity contribution in [3.05, 3.63) is 136 Å². The molecular formula is C33H22ClFN2O3. The van der Waals surface area contributed by atoms with Crippen molar-refractivity contribution < 1.29 is 18.8 Å². The van der Waals surface area contributed by atoms with E-state index in [0.717, 1.165) is 5.56 Å². The number of amides is 1. The summed E-state index contributed by atoms with van der Waals surface area (Å²) in [5.41, 5.74) is 1.50. The topological polar surface area (TPSA) is 66.5 Å². The summed E-state index contributed by atoms with van der Waals surface area (Å²) < 4.78 is 15.2. The van der Waals surface area contributed by atoms with Crippen LogP contribution in [0.25, 0.3) is 6.08 Å². The summed E-state index contributed by atoms with van der Waals surface area (Å²) in [6.45, 7) is 0. The Balaban J connectivity index is 1.55. The highest BCUT2D eigenvalue weighted by atomic mass is 35.5. The molecule has 4 aromatic rings. The van der Waals surface area contributed by atoms with E-state index in [2.05, 4.69) is 5.32 Å². The van der Waals surface area contributed by atoms with Crippen molar-refractivity contribution >= 4 is 46.5 Å². The van der Waals surface area contributed by atoms with Crippen molar-refractivity contribution in [1.82, 2.24) is 0 Å². The summed E-state index contributed by atoms with van der Waals surface area (Å²) in [6.07, 6.45) is 3.81. The third-order valence-electron chi connectivity index (χ3n) is 8.36. The molecule has 3 heterocycles. The van der Waals surface area contributed by atoms with Crippen molar-refractivity contribution in [2.45, 2.75) is 17.5 Å². The molecule has 0 aliphatic carbocycles. The Morgan fingerprint density at radius 3 is 2.35 bits per heavy atom. The smallest absolute Gasteiger partial charge is 0.238 e. The van der Waals surface area contributed by atoms with Crippen molar-refractivity contribution in [1.29, 1.82) is 0 Å². The lowest BCUT2D eigenvalue weighted by atomic mass is 9.64. The van der Waals surface area contributed by atoms with Gasteiger partial charge in [-0.05, 0) is 59.7 Å². The standard InChI is InChI=1S/C33H22ClFN2O3/c34-21-16-13-20(14-17-21)30(38)28-29(31(39)22-8-2-4-10-24(22)35)37-26-12-6-1-7-19(26)15-18-27(37)33(28)23-9-3-5-11-25(23)36-32(33)40/h1-18,27-29H,(H,36,40)/t27-,28+,29+,33-/m1/s1. The van der Waals surface area contributed by atoms with Gasteiger partial charge in [-0.2, -0.15) is 0 Å². The Morgan fingerprint density at radius 1 is 0.850 bits per heavy atom. The zero-order chi connectivity index (χ0) is 27.6. The molecule has 0 unspecified atom stereocenters. The molecule has 7 rings (SSSR count).